The molecule has 0 saturated carbocycles. The van der Waals surface area contributed by atoms with Gasteiger partial charge in [-0.05, 0) is 42.4 Å². The summed E-state index contributed by atoms with van der Waals surface area (Å²) in [5.41, 5.74) is 0.840. The van der Waals surface area contributed by atoms with Crippen LogP contribution in [0, 0.1) is 5.82 Å². The average Bonchev–Trinajstić information content (AvgIpc) is 2.35. The molecule has 0 amide bonds. The third kappa shape index (κ3) is 4.16. The van der Waals surface area contributed by atoms with E-state index in [1.165, 1.54) is 37.1 Å². The predicted octanol–water partition coefficient (Wildman–Crippen LogP) is 3.85. The molecule has 0 bridgehead atoms. The Morgan fingerprint density at radius 3 is 3.06 bits per heavy atom. The van der Waals surface area contributed by atoms with Gasteiger partial charge in [0.05, 0.1) is 0 Å². The van der Waals surface area contributed by atoms with Crippen molar-refractivity contribution in [2.45, 2.75) is 31.1 Å². The molecular weight excluding hydrogens is 257 g/mol. The van der Waals surface area contributed by atoms with Gasteiger partial charge in [0.2, 0.25) is 0 Å². The quantitative estimate of drug-likeness (QED) is 0.894. The maximum Gasteiger partial charge on any atom is 0.123 e. The van der Waals surface area contributed by atoms with Crippen molar-refractivity contribution in [3.63, 3.8) is 0 Å². The Morgan fingerprint density at radius 2 is 2.29 bits per heavy atom. The Labute approximate surface area is 111 Å². The SMILES string of the molecule is Fc1ccc(Cl)c(CNCC2CCCCS2)c1. The van der Waals surface area contributed by atoms with E-state index in [0.717, 1.165) is 12.1 Å². The summed E-state index contributed by atoms with van der Waals surface area (Å²) < 4.78 is 13.0. The summed E-state index contributed by atoms with van der Waals surface area (Å²) in [4.78, 5) is 0. The zero-order chi connectivity index (χ0) is 12.1. The summed E-state index contributed by atoms with van der Waals surface area (Å²) in [5.74, 6) is 1.05. The Kier molecular flexibility index (Phi) is 5.14. The van der Waals surface area contributed by atoms with Gasteiger partial charge in [-0.3, -0.25) is 0 Å². The molecule has 0 spiro atoms. The molecule has 4 heteroatoms. The summed E-state index contributed by atoms with van der Waals surface area (Å²) in [6.45, 7) is 1.63. The largest absolute Gasteiger partial charge is 0.312 e. The fourth-order valence-electron chi connectivity index (χ4n) is 2.01. The first-order chi connectivity index (χ1) is 8.25. The van der Waals surface area contributed by atoms with Gasteiger partial charge in [0, 0.05) is 23.4 Å². The molecule has 17 heavy (non-hydrogen) atoms. The van der Waals surface area contributed by atoms with Crippen LogP contribution in [0.3, 0.4) is 0 Å². The van der Waals surface area contributed by atoms with E-state index in [9.17, 15) is 4.39 Å². The van der Waals surface area contributed by atoms with Gasteiger partial charge >= 0.3 is 0 Å². The van der Waals surface area contributed by atoms with Crippen LogP contribution >= 0.6 is 23.4 Å². The van der Waals surface area contributed by atoms with E-state index in [1.807, 2.05) is 11.8 Å². The molecule has 0 aromatic heterocycles. The molecule has 0 aliphatic carbocycles. The summed E-state index contributed by atoms with van der Waals surface area (Å²) >= 11 is 8.04. The molecule has 1 heterocycles. The van der Waals surface area contributed by atoms with E-state index >= 15 is 0 Å². The van der Waals surface area contributed by atoms with Gasteiger partial charge in [-0.1, -0.05) is 18.0 Å². The van der Waals surface area contributed by atoms with Gasteiger partial charge < -0.3 is 5.32 Å². The Bertz CT molecular complexity index is 366. The molecule has 1 nitrogen and oxygen atoms in total. The molecule has 1 aliphatic rings. The van der Waals surface area contributed by atoms with Gasteiger partial charge in [-0.25, -0.2) is 4.39 Å². The zero-order valence-corrected chi connectivity index (χ0v) is 11.3. The normalized spacial score (nSPS) is 20.5. The van der Waals surface area contributed by atoms with Crippen molar-refractivity contribution >= 4 is 23.4 Å². The van der Waals surface area contributed by atoms with Crippen LogP contribution < -0.4 is 5.32 Å². The number of benzene rings is 1. The minimum absolute atomic E-state index is 0.224. The minimum Gasteiger partial charge on any atom is -0.312 e. The molecule has 1 saturated heterocycles. The molecule has 1 unspecified atom stereocenters. The van der Waals surface area contributed by atoms with E-state index < -0.39 is 0 Å². The lowest BCUT2D eigenvalue weighted by Gasteiger charge is -2.21. The van der Waals surface area contributed by atoms with E-state index in [-0.39, 0.29) is 5.82 Å². The molecular formula is C13H17ClFNS. The summed E-state index contributed by atoms with van der Waals surface area (Å²) in [5, 5.41) is 4.71. The molecule has 1 atom stereocenters. The third-order valence-corrected chi connectivity index (χ3v) is 4.74. The van der Waals surface area contributed by atoms with Crippen molar-refractivity contribution < 1.29 is 4.39 Å². The van der Waals surface area contributed by atoms with Gasteiger partial charge in [0.1, 0.15) is 5.82 Å². The number of rotatable bonds is 4. The lowest BCUT2D eigenvalue weighted by Crippen LogP contribution is -2.26. The number of hydrogen-bond donors (Lipinski definition) is 1. The van der Waals surface area contributed by atoms with Gasteiger partial charge in [0.15, 0.2) is 0 Å². The van der Waals surface area contributed by atoms with Crippen LogP contribution in [0.25, 0.3) is 0 Å². The monoisotopic (exact) mass is 273 g/mol. The molecule has 94 valence electrons. The zero-order valence-electron chi connectivity index (χ0n) is 9.72. The van der Waals surface area contributed by atoms with Crippen LogP contribution in [0.4, 0.5) is 4.39 Å². The number of hydrogen-bond acceptors (Lipinski definition) is 2. The van der Waals surface area contributed by atoms with Crippen molar-refractivity contribution in [2.75, 3.05) is 12.3 Å². The maximum absolute atomic E-state index is 13.0. The van der Waals surface area contributed by atoms with Gasteiger partial charge in [0.25, 0.3) is 0 Å². The van der Waals surface area contributed by atoms with Crippen LogP contribution in [0.15, 0.2) is 18.2 Å². The van der Waals surface area contributed by atoms with E-state index in [1.54, 1.807) is 6.07 Å². The van der Waals surface area contributed by atoms with Crippen molar-refractivity contribution in [2.24, 2.45) is 0 Å². The highest BCUT2D eigenvalue weighted by Gasteiger charge is 2.13. The highest BCUT2D eigenvalue weighted by atomic mass is 35.5. The summed E-state index contributed by atoms with van der Waals surface area (Å²) in [7, 11) is 0. The van der Waals surface area contributed by atoms with E-state index in [0.29, 0.717) is 16.8 Å². The second kappa shape index (κ2) is 6.62. The van der Waals surface area contributed by atoms with Crippen molar-refractivity contribution in [3.05, 3.63) is 34.6 Å². The van der Waals surface area contributed by atoms with Crippen molar-refractivity contribution in [3.8, 4) is 0 Å². The molecule has 1 fully saturated rings. The number of thioether (sulfide) groups is 1. The standard InChI is InChI=1S/C13H17ClFNS/c14-13-5-4-11(15)7-10(13)8-16-9-12-3-1-2-6-17-12/h4-5,7,12,16H,1-3,6,8-9H2. The first-order valence-corrected chi connectivity index (χ1v) is 7.44. The predicted molar refractivity (Wildman–Crippen MR) is 73.2 cm³/mol. The molecule has 1 aromatic carbocycles. The maximum atomic E-state index is 13.0. The first kappa shape index (κ1) is 13.2. The molecule has 1 aliphatic heterocycles. The Hall–Kier alpha value is -0.250. The Morgan fingerprint density at radius 1 is 1.41 bits per heavy atom. The second-order valence-corrected chi connectivity index (χ2v) is 6.17. The minimum atomic E-state index is -0.224. The van der Waals surface area contributed by atoms with Crippen LogP contribution in [-0.2, 0) is 6.54 Å². The van der Waals surface area contributed by atoms with E-state index in [4.69, 9.17) is 11.6 Å². The summed E-state index contributed by atoms with van der Waals surface area (Å²) in [6.07, 6.45) is 3.96. The van der Waals surface area contributed by atoms with Crippen LogP contribution in [0.1, 0.15) is 24.8 Å². The molecule has 1 aromatic rings. The van der Waals surface area contributed by atoms with Crippen molar-refractivity contribution in [1.82, 2.24) is 5.32 Å². The number of halogens is 2. The van der Waals surface area contributed by atoms with Crippen LogP contribution in [-0.4, -0.2) is 17.5 Å². The third-order valence-electron chi connectivity index (χ3n) is 2.97. The fourth-order valence-corrected chi connectivity index (χ4v) is 3.47. The highest BCUT2D eigenvalue weighted by molar-refractivity contribution is 7.99. The molecule has 2 rings (SSSR count). The Balaban J connectivity index is 1.79. The van der Waals surface area contributed by atoms with Gasteiger partial charge in [-0.15, -0.1) is 0 Å². The lowest BCUT2D eigenvalue weighted by molar-refractivity contribution is 0.592. The second-order valence-electron chi connectivity index (χ2n) is 4.36. The number of nitrogens with one attached hydrogen (secondary N) is 1. The fraction of sp³-hybridized carbons (Fsp3) is 0.538. The molecule has 1 N–H and O–H groups in total. The highest BCUT2D eigenvalue weighted by Crippen LogP contribution is 2.24. The lowest BCUT2D eigenvalue weighted by atomic mass is 10.2. The van der Waals surface area contributed by atoms with Crippen molar-refractivity contribution in [1.29, 1.82) is 0 Å². The van der Waals surface area contributed by atoms with Crippen LogP contribution in [0.2, 0.25) is 5.02 Å². The smallest absolute Gasteiger partial charge is 0.123 e. The summed E-state index contributed by atoms with van der Waals surface area (Å²) in [6, 6.07) is 4.51. The topological polar surface area (TPSA) is 12.0 Å². The van der Waals surface area contributed by atoms with E-state index in [2.05, 4.69) is 5.32 Å². The first-order valence-electron chi connectivity index (χ1n) is 6.02. The molecule has 0 radical (unpaired) electrons. The van der Waals surface area contributed by atoms with Gasteiger partial charge in [-0.2, -0.15) is 11.8 Å². The average molecular weight is 274 g/mol. The van der Waals surface area contributed by atoms with Crippen LogP contribution in [0.5, 0.6) is 0 Å².